The number of hydrogen-bond acceptors (Lipinski definition) is 23. The van der Waals surface area contributed by atoms with Crippen molar-refractivity contribution in [2.24, 2.45) is 21.1 Å². The number of furan rings is 2. The Morgan fingerprint density at radius 1 is 0.419 bits per heavy atom. The van der Waals surface area contributed by atoms with Crippen LogP contribution in [0.25, 0.3) is 0 Å². The lowest BCUT2D eigenvalue weighted by atomic mass is 10.0. The molecule has 26 heteroatoms. The van der Waals surface area contributed by atoms with E-state index in [1.807, 2.05) is 164 Å². The Hall–Kier alpha value is -8.21. The molecule has 0 unspecified atom stereocenters. The lowest BCUT2D eigenvalue weighted by Gasteiger charge is -2.03. The number of aryl methyl sites for hydroxylation is 9. The Bertz CT molecular complexity index is 4340. The van der Waals surface area contributed by atoms with Crippen molar-refractivity contribution >= 4 is 90.7 Å². The summed E-state index contributed by atoms with van der Waals surface area (Å²) < 4.78 is 25.6. The van der Waals surface area contributed by atoms with Gasteiger partial charge < -0.3 is 22.4 Å². The summed E-state index contributed by atoms with van der Waals surface area (Å²) in [4.78, 5) is 35.8. The van der Waals surface area contributed by atoms with Gasteiger partial charge >= 0.3 is 0 Å². The topological polar surface area (TPSA) is 209 Å². The number of thiophene rings is 3. The molecule has 0 N–H and O–H groups in total. The quantitative estimate of drug-likeness (QED) is 0.0935. The van der Waals surface area contributed by atoms with Crippen molar-refractivity contribution in [1.82, 2.24) is 69.3 Å². The number of thiazole rings is 5. The Morgan fingerprint density at radius 3 is 1.31 bits per heavy atom. The second-order valence-electron chi connectivity index (χ2n) is 35.5. The van der Waals surface area contributed by atoms with Crippen molar-refractivity contribution in [3.8, 4) is 0 Å². The van der Waals surface area contributed by atoms with Crippen LogP contribution in [0, 0.1) is 41.5 Å². The first-order valence-corrected chi connectivity index (χ1v) is 52.1. The lowest BCUT2D eigenvalue weighted by molar-refractivity contribution is 0.368. The van der Waals surface area contributed by atoms with Crippen LogP contribution in [0.15, 0.2) is 184 Å². The Kier molecular flexibility index (Phi) is 61.0. The molecule has 714 valence electrons. The van der Waals surface area contributed by atoms with Crippen molar-refractivity contribution in [3.05, 3.63) is 280 Å². The molecule has 15 rings (SSSR count). The third-order valence-electron chi connectivity index (χ3n) is 18.5. The van der Waals surface area contributed by atoms with Gasteiger partial charge in [0.2, 0.25) is 0 Å². The summed E-state index contributed by atoms with van der Waals surface area (Å²) in [5.41, 5.74) is 18.1. The summed E-state index contributed by atoms with van der Waals surface area (Å²) in [6.45, 7) is 77.0. The molecule has 0 atom stereocenters. The monoisotopic (exact) mass is 1910 g/mol. The minimum atomic E-state index is 0.450. The molecule has 0 fully saturated rings. The van der Waals surface area contributed by atoms with Crippen LogP contribution in [-0.2, 0) is 21.1 Å². The van der Waals surface area contributed by atoms with E-state index in [1.54, 1.807) is 97.8 Å². The summed E-state index contributed by atoms with van der Waals surface area (Å²) in [5.74, 6) is 12.8. The fourth-order valence-corrected chi connectivity index (χ4v) is 17.0. The van der Waals surface area contributed by atoms with Crippen LogP contribution in [0.3, 0.4) is 0 Å². The average molecular weight is 1920 g/mol. The molecule has 18 nitrogen and oxygen atoms in total. The van der Waals surface area contributed by atoms with Gasteiger partial charge in [0.15, 0.2) is 0 Å². The van der Waals surface area contributed by atoms with E-state index in [0.717, 1.165) is 34.5 Å². The largest absolute Gasteiger partial charge is 0.472 e. The van der Waals surface area contributed by atoms with Crippen LogP contribution in [-0.4, -0.2) is 69.3 Å². The molecule has 129 heavy (non-hydrogen) atoms. The summed E-state index contributed by atoms with van der Waals surface area (Å²) in [6, 6.07) is 16.5. The van der Waals surface area contributed by atoms with E-state index in [4.69, 9.17) is 17.9 Å². The fourth-order valence-electron chi connectivity index (χ4n) is 10.9. The van der Waals surface area contributed by atoms with Crippen LogP contribution in [0.5, 0.6) is 0 Å². The highest BCUT2D eigenvalue weighted by molar-refractivity contribution is 7.12. The van der Waals surface area contributed by atoms with Gasteiger partial charge in [-0.15, -0.1) is 79.4 Å². The maximum absolute atomic E-state index is 5.09. The molecule has 0 aliphatic rings. The maximum atomic E-state index is 5.09. The molecule has 15 heterocycles. The highest BCUT2D eigenvalue weighted by Gasteiger charge is 2.13. The third kappa shape index (κ3) is 50.8. The van der Waals surface area contributed by atoms with Crippen LogP contribution in [0.2, 0.25) is 0 Å². The Labute approximate surface area is 810 Å². The molecule has 0 saturated heterocycles. The van der Waals surface area contributed by atoms with Crippen LogP contribution >= 0.6 is 90.7 Å². The van der Waals surface area contributed by atoms with Gasteiger partial charge in [-0.1, -0.05) is 224 Å². The molecule has 0 aliphatic carbocycles. The highest BCUT2D eigenvalue weighted by atomic mass is 32.1. The van der Waals surface area contributed by atoms with Gasteiger partial charge in [-0.05, 0) is 181 Å². The number of rotatable bonds is 15. The van der Waals surface area contributed by atoms with Gasteiger partial charge in [-0.25, -0.2) is 29.9 Å². The third-order valence-corrected chi connectivity index (χ3v) is 26.5. The van der Waals surface area contributed by atoms with Crippen molar-refractivity contribution in [3.63, 3.8) is 0 Å². The highest BCUT2D eigenvalue weighted by Crippen LogP contribution is 2.28. The van der Waals surface area contributed by atoms with Crippen molar-refractivity contribution in [2.45, 2.75) is 338 Å². The van der Waals surface area contributed by atoms with Crippen molar-refractivity contribution < 1.29 is 17.9 Å². The zero-order valence-corrected chi connectivity index (χ0v) is 92.0. The minimum Gasteiger partial charge on any atom is -0.472 e. The zero-order chi connectivity index (χ0) is 97.6. The van der Waals surface area contributed by atoms with E-state index < -0.39 is 0 Å². The predicted octanol–water partition coefficient (Wildman–Crippen LogP) is 34.2. The standard InChI is InChI=1S/C8H13NO.C8H12S.2C7H12N2.C7H11NO.2C7H11NS.2C7H10O.2C7H10S.C6H11N3.3C6H9NS/c1-5(2)8-6(3)9-10-7(8)4;1-6(2)8-7(3)4-5-9-8;1-6(2)7-4-8-5-9(7)3;1-6(2)7-4-8-9(3)5-7;1-5(2)7-4-6(3)8-9-7;1-5(2)7-6(3)9-4-8-7;1-5(2)7-8-4-6(3)9-7;1-6(2)7-3-4-8-5-7;1-6(2)7-4-3-5-8-7;1-6(2)7-3-4-8-5-7;1-6(2)7-4-3-5-8-7;1-5(2)6-7-4-8-9(6)3;1-5(2)6-3-8-4-7-6;1-5(2)6-3-7-4-8-6;1-5(2)6-7-3-4-8-6/h5H,1-4H3;3*4-6H,1-3H3;3*4-5H,1-3H3;4*3-6H,1-2H3;4-5H,1-3H3;3*3-5H,1-2H3. The molecule has 15 aromatic rings. The SMILES string of the molecule is CC(C)c1ccco1.CC(C)c1cccs1.CC(C)c1ccoc1.CC(C)c1ccsc1.CC(C)c1cncn1C.CC(C)c1cncs1.CC(C)c1cnn(C)c1.CC(C)c1cscn1.CC(C)c1nccs1.CC(C)c1ncnn1C.Cc1cc(C(C)C)on1.Cc1ccsc1C(C)C.Cc1cnc(C(C)C)s1.Cc1noc(C)c1C(C)C.Cc1scnc1C(C)C. The lowest BCUT2D eigenvalue weighted by Crippen LogP contribution is -2.00. The summed E-state index contributed by atoms with van der Waals surface area (Å²) in [7, 11) is 5.86. The van der Waals surface area contributed by atoms with E-state index in [2.05, 4.69) is 335 Å². The Balaban J connectivity index is 0.000000691. The van der Waals surface area contributed by atoms with E-state index in [-0.39, 0.29) is 0 Å². The molecule has 0 spiro atoms. The molecule has 0 amide bonds. The summed E-state index contributed by atoms with van der Waals surface area (Å²) >= 11 is 14.1. The van der Waals surface area contributed by atoms with E-state index in [0.29, 0.717) is 88.8 Å². The first kappa shape index (κ1) is 119. The normalized spacial score (nSPS) is 10.6. The smallest absolute Gasteiger partial charge is 0.139 e. The molecule has 0 aromatic carbocycles. The second kappa shape index (κ2) is 66.2. The first-order valence-electron chi connectivity index (χ1n) is 45.0. The maximum Gasteiger partial charge on any atom is 0.139 e. The average Bonchev–Trinajstić information content (AvgIpc) is 1.72. The number of nitrogens with zero attached hydrogens (tertiary/aromatic N) is 14. The van der Waals surface area contributed by atoms with Crippen molar-refractivity contribution in [1.29, 1.82) is 0 Å². The Morgan fingerprint density at radius 2 is 1.08 bits per heavy atom. The van der Waals surface area contributed by atoms with Gasteiger partial charge in [0, 0.05) is 134 Å². The molecular formula is C103H160N14O4S8. The first-order chi connectivity index (χ1) is 60.7. The predicted molar refractivity (Wildman–Crippen MR) is 561 cm³/mol. The molecule has 0 bridgehead atoms. The molecule has 0 radical (unpaired) electrons. The second-order valence-corrected chi connectivity index (χ2v) is 43.0. The van der Waals surface area contributed by atoms with E-state index in [1.165, 1.54) is 79.3 Å². The van der Waals surface area contributed by atoms with Crippen LogP contribution < -0.4 is 0 Å². The van der Waals surface area contributed by atoms with Gasteiger partial charge in [-0.3, -0.25) is 14.3 Å². The van der Waals surface area contributed by atoms with Crippen LogP contribution in [0.4, 0.5) is 0 Å². The summed E-state index contributed by atoms with van der Waals surface area (Å²) in [5, 5.41) is 30.8. The van der Waals surface area contributed by atoms with Gasteiger partial charge in [0.25, 0.3) is 0 Å². The molecule has 15 aromatic heterocycles. The van der Waals surface area contributed by atoms with E-state index in [9.17, 15) is 0 Å². The molecule has 0 aliphatic heterocycles. The van der Waals surface area contributed by atoms with Gasteiger partial charge in [0.05, 0.1) is 80.6 Å². The minimum absolute atomic E-state index is 0.450. The fraction of sp³-hybridized carbons (Fsp3) is 0.524. The van der Waals surface area contributed by atoms with Crippen molar-refractivity contribution in [2.75, 3.05) is 0 Å². The van der Waals surface area contributed by atoms with Gasteiger partial charge in [-0.2, -0.15) is 21.5 Å². The van der Waals surface area contributed by atoms with E-state index >= 15 is 0 Å². The van der Waals surface area contributed by atoms with Crippen LogP contribution in [0.1, 0.15) is 410 Å². The number of hydrogen-bond donors (Lipinski definition) is 0. The molecule has 0 saturated carbocycles. The summed E-state index contributed by atoms with van der Waals surface area (Å²) in [6.07, 6.45) is 20.2. The zero-order valence-electron chi connectivity index (χ0n) is 85.5. The van der Waals surface area contributed by atoms with Gasteiger partial charge in [0.1, 0.15) is 29.4 Å². The number of imidazole rings is 1. The molecular weight excluding hydrogens is 1750 g/mol. The number of aromatic nitrogens is 14.